The molecule has 126 valence electrons. The van der Waals surface area contributed by atoms with Crippen LogP contribution >= 0.6 is 11.6 Å². The SMILES string of the molecule is O=C([C@H](O)c1ccc(Cl)cc1)N1CCCN(c2ccccc2)CC1. The van der Waals surface area contributed by atoms with Crippen LogP contribution in [0.25, 0.3) is 0 Å². The number of rotatable bonds is 3. The second kappa shape index (κ2) is 7.69. The van der Waals surface area contributed by atoms with E-state index in [2.05, 4.69) is 17.0 Å². The van der Waals surface area contributed by atoms with Crippen molar-refractivity contribution < 1.29 is 9.90 Å². The number of hydrogen-bond acceptors (Lipinski definition) is 3. The molecule has 24 heavy (non-hydrogen) atoms. The molecule has 1 amide bonds. The minimum atomic E-state index is -1.13. The van der Waals surface area contributed by atoms with Gasteiger partial charge in [0.15, 0.2) is 6.10 Å². The molecule has 0 saturated carbocycles. The number of halogens is 1. The van der Waals surface area contributed by atoms with Gasteiger partial charge in [-0.15, -0.1) is 0 Å². The minimum absolute atomic E-state index is 0.243. The van der Waals surface area contributed by atoms with Gasteiger partial charge in [-0.25, -0.2) is 0 Å². The molecule has 1 fully saturated rings. The number of aliphatic hydroxyl groups is 1. The third-order valence-electron chi connectivity index (χ3n) is 4.35. The normalized spacial score (nSPS) is 16.6. The monoisotopic (exact) mass is 344 g/mol. The van der Waals surface area contributed by atoms with Crippen molar-refractivity contribution in [2.75, 3.05) is 31.1 Å². The minimum Gasteiger partial charge on any atom is -0.378 e. The molecule has 1 heterocycles. The second-order valence-electron chi connectivity index (χ2n) is 5.96. The average molecular weight is 345 g/mol. The molecule has 1 aliphatic rings. The van der Waals surface area contributed by atoms with Crippen molar-refractivity contribution in [3.8, 4) is 0 Å². The van der Waals surface area contributed by atoms with E-state index >= 15 is 0 Å². The Morgan fingerprint density at radius 3 is 2.38 bits per heavy atom. The van der Waals surface area contributed by atoms with Crippen LogP contribution < -0.4 is 4.90 Å². The molecule has 1 N–H and O–H groups in total. The number of aliphatic hydroxyl groups excluding tert-OH is 1. The molecule has 3 rings (SSSR count). The quantitative estimate of drug-likeness (QED) is 0.930. The summed E-state index contributed by atoms with van der Waals surface area (Å²) < 4.78 is 0. The zero-order valence-corrected chi connectivity index (χ0v) is 14.2. The molecule has 1 atom stereocenters. The van der Waals surface area contributed by atoms with Crippen molar-refractivity contribution in [2.45, 2.75) is 12.5 Å². The van der Waals surface area contributed by atoms with Crippen molar-refractivity contribution >= 4 is 23.2 Å². The summed E-state index contributed by atoms with van der Waals surface area (Å²) in [7, 11) is 0. The molecular formula is C19H21ClN2O2. The third-order valence-corrected chi connectivity index (χ3v) is 4.60. The number of benzene rings is 2. The largest absolute Gasteiger partial charge is 0.378 e. The predicted octanol–water partition coefficient (Wildman–Crippen LogP) is 3.11. The van der Waals surface area contributed by atoms with Crippen molar-refractivity contribution in [2.24, 2.45) is 0 Å². The van der Waals surface area contributed by atoms with Gasteiger partial charge < -0.3 is 14.9 Å². The molecule has 0 bridgehead atoms. The number of hydrogen-bond donors (Lipinski definition) is 1. The summed E-state index contributed by atoms with van der Waals surface area (Å²) in [5.41, 5.74) is 1.75. The van der Waals surface area contributed by atoms with Gasteiger partial charge in [0, 0.05) is 36.9 Å². The van der Waals surface area contributed by atoms with Crippen molar-refractivity contribution in [1.82, 2.24) is 4.90 Å². The van der Waals surface area contributed by atoms with Crippen LogP contribution in [0.1, 0.15) is 18.1 Å². The fraction of sp³-hybridized carbons (Fsp3) is 0.316. The van der Waals surface area contributed by atoms with Crippen LogP contribution in [0.4, 0.5) is 5.69 Å². The molecule has 0 spiro atoms. The summed E-state index contributed by atoms with van der Waals surface area (Å²) in [4.78, 5) is 16.6. The Bertz CT molecular complexity index is 676. The van der Waals surface area contributed by atoms with E-state index < -0.39 is 6.10 Å². The molecule has 0 unspecified atom stereocenters. The van der Waals surface area contributed by atoms with Crippen molar-refractivity contribution in [3.05, 3.63) is 65.2 Å². The Kier molecular flexibility index (Phi) is 5.38. The van der Waals surface area contributed by atoms with Crippen LogP contribution in [0.15, 0.2) is 54.6 Å². The summed E-state index contributed by atoms with van der Waals surface area (Å²) in [5.74, 6) is -0.243. The first-order valence-corrected chi connectivity index (χ1v) is 8.55. The number of carbonyl (C=O) groups excluding carboxylic acids is 1. The summed E-state index contributed by atoms with van der Waals surface area (Å²) in [5, 5.41) is 10.9. The Balaban J connectivity index is 1.65. The van der Waals surface area contributed by atoms with Gasteiger partial charge in [0.25, 0.3) is 5.91 Å². The zero-order valence-electron chi connectivity index (χ0n) is 13.4. The summed E-state index contributed by atoms with van der Waals surface area (Å²) >= 11 is 5.86. The van der Waals surface area contributed by atoms with E-state index in [1.165, 1.54) is 5.69 Å². The smallest absolute Gasteiger partial charge is 0.256 e. The van der Waals surface area contributed by atoms with Crippen LogP contribution in [0.2, 0.25) is 5.02 Å². The van der Waals surface area contributed by atoms with Gasteiger partial charge in [-0.1, -0.05) is 41.9 Å². The van der Waals surface area contributed by atoms with Crippen molar-refractivity contribution in [1.29, 1.82) is 0 Å². The fourth-order valence-electron chi connectivity index (χ4n) is 3.00. The highest BCUT2D eigenvalue weighted by atomic mass is 35.5. The second-order valence-corrected chi connectivity index (χ2v) is 6.39. The standard InChI is InChI=1S/C19H21ClN2O2/c20-16-9-7-15(8-10-16)18(23)19(24)22-12-4-11-21(13-14-22)17-5-2-1-3-6-17/h1-3,5-10,18,23H,4,11-14H2/t18-/m1/s1. The highest BCUT2D eigenvalue weighted by Crippen LogP contribution is 2.21. The topological polar surface area (TPSA) is 43.8 Å². The lowest BCUT2D eigenvalue weighted by atomic mass is 10.1. The van der Waals surface area contributed by atoms with Crippen LogP contribution in [0.5, 0.6) is 0 Å². The first-order chi connectivity index (χ1) is 11.6. The van der Waals surface area contributed by atoms with E-state index in [0.29, 0.717) is 23.7 Å². The van der Waals surface area contributed by atoms with E-state index in [4.69, 9.17) is 11.6 Å². The zero-order chi connectivity index (χ0) is 16.9. The Labute approximate surface area is 147 Å². The fourth-order valence-corrected chi connectivity index (χ4v) is 3.12. The first kappa shape index (κ1) is 16.8. The van der Waals surface area contributed by atoms with Crippen LogP contribution in [-0.4, -0.2) is 42.1 Å². The van der Waals surface area contributed by atoms with Gasteiger partial charge in [0.05, 0.1) is 0 Å². The highest BCUT2D eigenvalue weighted by molar-refractivity contribution is 6.30. The van der Waals surface area contributed by atoms with Crippen LogP contribution in [0.3, 0.4) is 0 Å². The van der Waals surface area contributed by atoms with Gasteiger partial charge >= 0.3 is 0 Å². The molecule has 2 aromatic rings. The van der Waals surface area contributed by atoms with Gasteiger partial charge in [-0.05, 0) is 36.2 Å². The van der Waals surface area contributed by atoms with Gasteiger partial charge in [-0.2, -0.15) is 0 Å². The van der Waals surface area contributed by atoms with E-state index in [0.717, 1.165) is 19.5 Å². The molecule has 0 aliphatic carbocycles. The maximum absolute atomic E-state index is 12.6. The predicted molar refractivity (Wildman–Crippen MR) is 96.3 cm³/mol. The maximum Gasteiger partial charge on any atom is 0.256 e. The number of carbonyl (C=O) groups is 1. The molecule has 0 radical (unpaired) electrons. The highest BCUT2D eigenvalue weighted by Gasteiger charge is 2.25. The molecule has 1 aliphatic heterocycles. The lowest BCUT2D eigenvalue weighted by molar-refractivity contribution is -0.140. The Hall–Kier alpha value is -2.04. The number of para-hydroxylation sites is 1. The van der Waals surface area contributed by atoms with Crippen LogP contribution in [-0.2, 0) is 4.79 Å². The lowest BCUT2D eigenvalue weighted by Gasteiger charge is -2.25. The first-order valence-electron chi connectivity index (χ1n) is 8.17. The third kappa shape index (κ3) is 3.89. The number of nitrogens with zero attached hydrogens (tertiary/aromatic N) is 2. The number of amides is 1. The van der Waals surface area contributed by atoms with Gasteiger partial charge in [-0.3, -0.25) is 4.79 Å². The molecule has 2 aromatic carbocycles. The Morgan fingerprint density at radius 2 is 1.67 bits per heavy atom. The molecule has 4 nitrogen and oxygen atoms in total. The molecule has 0 aromatic heterocycles. The van der Waals surface area contributed by atoms with E-state index in [-0.39, 0.29) is 5.91 Å². The molecular weight excluding hydrogens is 324 g/mol. The average Bonchev–Trinajstić information content (AvgIpc) is 2.88. The molecule has 1 saturated heterocycles. The lowest BCUT2D eigenvalue weighted by Crippen LogP contribution is -2.38. The van der Waals surface area contributed by atoms with Crippen molar-refractivity contribution in [3.63, 3.8) is 0 Å². The Morgan fingerprint density at radius 1 is 0.958 bits per heavy atom. The van der Waals surface area contributed by atoms with Crippen LogP contribution in [0, 0.1) is 0 Å². The van der Waals surface area contributed by atoms with E-state index in [1.54, 1.807) is 29.2 Å². The summed E-state index contributed by atoms with van der Waals surface area (Å²) in [6, 6.07) is 17.0. The molecule has 5 heteroatoms. The number of anilines is 1. The summed E-state index contributed by atoms with van der Waals surface area (Å²) in [6.07, 6.45) is -0.251. The summed E-state index contributed by atoms with van der Waals surface area (Å²) in [6.45, 7) is 2.94. The van der Waals surface area contributed by atoms with E-state index in [9.17, 15) is 9.90 Å². The maximum atomic E-state index is 12.6. The van der Waals surface area contributed by atoms with Gasteiger partial charge in [0.2, 0.25) is 0 Å². The van der Waals surface area contributed by atoms with Gasteiger partial charge in [0.1, 0.15) is 0 Å². The van der Waals surface area contributed by atoms with E-state index in [1.807, 2.05) is 18.2 Å².